The monoisotopic (exact) mass is 275 g/mol. The van der Waals surface area contributed by atoms with Gasteiger partial charge in [-0.05, 0) is 30.7 Å². The van der Waals surface area contributed by atoms with Gasteiger partial charge in [0.15, 0.2) is 5.96 Å². The van der Waals surface area contributed by atoms with Crippen molar-refractivity contribution in [1.82, 2.24) is 20.0 Å². The van der Waals surface area contributed by atoms with Gasteiger partial charge in [-0.25, -0.2) is 0 Å². The highest BCUT2D eigenvalue weighted by Gasteiger charge is 2.35. The van der Waals surface area contributed by atoms with E-state index in [9.17, 15) is 0 Å². The van der Waals surface area contributed by atoms with Crippen molar-refractivity contribution in [1.29, 1.82) is 0 Å². The molecule has 0 bridgehead atoms. The highest BCUT2D eigenvalue weighted by molar-refractivity contribution is 5.80. The topological polar surface area (TPSA) is 45.5 Å². The van der Waals surface area contributed by atoms with Crippen LogP contribution in [0.15, 0.2) is 23.5 Å². The minimum absolute atomic E-state index is 0.875. The zero-order valence-corrected chi connectivity index (χ0v) is 12.3. The van der Waals surface area contributed by atoms with Gasteiger partial charge in [-0.1, -0.05) is 12.8 Å². The summed E-state index contributed by atoms with van der Waals surface area (Å²) in [5.41, 5.74) is 0. The van der Waals surface area contributed by atoms with E-state index in [4.69, 9.17) is 0 Å². The molecule has 0 aromatic carbocycles. The van der Waals surface area contributed by atoms with Crippen molar-refractivity contribution in [2.24, 2.45) is 16.8 Å². The second kappa shape index (κ2) is 6.29. The first kappa shape index (κ1) is 13.5. The van der Waals surface area contributed by atoms with Gasteiger partial charge in [-0.2, -0.15) is 5.10 Å². The second-order valence-corrected chi connectivity index (χ2v) is 5.95. The Bertz CT molecular complexity index is 425. The lowest BCUT2D eigenvalue weighted by Gasteiger charge is -2.22. The van der Waals surface area contributed by atoms with Crippen molar-refractivity contribution in [2.45, 2.75) is 32.2 Å². The Morgan fingerprint density at radius 3 is 2.65 bits per heavy atom. The van der Waals surface area contributed by atoms with Crippen molar-refractivity contribution in [3.63, 3.8) is 0 Å². The molecular formula is C15H25N5. The molecule has 3 rings (SSSR count). The molecule has 2 heterocycles. The zero-order chi connectivity index (χ0) is 13.8. The van der Waals surface area contributed by atoms with E-state index in [1.54, 1.807) is 0 Å². The predicted molar refractivity (Wildman–Crippen MR) is 80.6 cm³/mol. The molecule has 5 nitrogen and oxygen atoms in total. The maximum absolute atomic E-state index is 4.45. The van der Waals surface area contributed by atoms with Crippen LogP contribution in [-0.4, -0.2) is 47.3 Å². The van der Waals surface area contributed by atoms with E-state index >= 15 is 0 Å². The second-order valence-electron chi connectivity index (χ2n) is 5.95. The summed E-state index contributed by atoms with van der Waals surface area (Å²) in [7, 11) is 1.89. The highest BCUT2D eigenvalue weighted by Crippen LogP contribution is 2.35. The smallest absolute Gasteiger partial charge is 0.193 e. The normalized spacial score (nSPS) is 26.6. The number of nitrogens with zero attached hydrogens (tertiary/aromatic N) is 4. The standard InChI is InChI=1S/C15H25N5/c1-16-15(17-8-10-20-9-4-7-18-20)19-11-13-5-2-3-6-14(13)12-19/h4,7,9,13-14H,2-3,5-6,8,10-12H2,1H3,(H,16,17). The summed E-state index contributed by atoms with van der Waals surface area (Å²) >= 11 is 0. The van der Waals surface area contributed by atoms with Crippen LogP contribution in [0.4, 0.5) is 0 Å². The summed E-state index contributed by atoms with van der Waals surface area (Å²) in [6.07, 6.45) is 9.46. The molecule has 20 heavy (non-hydrogen) atoms. The summed E-state index contributed by atoms with van der Waals surface area (Å²) in [6.45, 7) is 4.13. The van der Waals surface area contributed by atoms with E-state index < -0.39 is 0 Å². The van der Waals surface area contributed by atoms with Crippen LogP contribution in [0.25, 0.3) is 0 Å². The first-order valence-corrected chi connectivity index (χ1v) is 7.80. The third kappa shape index (κ3) is 2.97. The molecule has 1 saturated carbocycles. The van der Waals surface area contributed by atoms with Crippen LogP contribution in [0, 0.1) is 11.8 Å². The van der Waals surface area contributed by atoms with Gasteiger partial charge in [-0.15, -0.1) is 0 Å². The summed E-state index contributed by atoms with van der Waals surface area (Å²) in [5.74, 6) is 2.85. The van der Waals surface area contributed by atoms with Crippen LogP contribution in [0.1, 0.15) is 25.7 Å². The first-order chi connectivity index (χ1) is 9.86. The molecule has 110 valence electrons. The average molecular weight is 275 g/mol. The predicted octanol–water partition coefficient (Wildman–Crippen LogP) is 1.58. The molecule has 1 aromatic heterocycles. The average Bonchev–Trinajstić information content (AvgIpc) is 3.12. The highest BCUT2D eigenvalue weighted by atomic mass is 15.3. The molecule has 0 radical (unpaired) electrons. The number of aromatic nitrogens is 2. The van der Waals surface area contributed by atoms with Crippen molar-refractivity contribution in [2.75, 3.05) is 26.7 Å². The van der Waals surface area contributed by atoms with Gasteiger partial charge in [-0.3, -0.25) is 9.67 Å². The van der Waals surface area contributed by atoms with Crippen LogP contribution in [0.2, 0.25) is 0 Å². The number of hydrogen-bond donors (Lipinski definition) is 1. The van der Waals surface area contributed by atoms with E-state index in [-0.39, 0.29) is 0 Å². The Morgan fingerprint density at radius 2 is 2.05 bits per heavy atom. The molecule has 1 aromatic rings. The van der Waals surface area contributed by atoms with E-state index in [1.165, 1.54) is 38.8 Å². The van der Waals surface area contributed by atoms with Crippen molar-refractivity contribution in [3.8, 4) is 0 Å². The lowest BCUT2D eigenvalue weighted by Crippen LogP contribution is -2.41. The van der Waals surface area contributed by atoms with Crippen molar-refractivity contribution >= 4 is 5.96 Å². The number of hydrogen-bond acceptors (Lipinski definition) is 2. The number of guanidine groups is 1. The Kier molecular flexibility index (Phi) is 4.23. The lowest BCUT2D eigenvalue weighted by molar-refractivity contribution is 0.299. The van der Waals surface area contributed by atoms with Crippen LogP contribution in [0.5, 0.6) is 0 Å². The van der Waals surface area contributed by atoms with E-state index in [2.05, 4.69) is 20.3 Å². The van der Waals surface area contributed by atoms with Crippen molar-refractivity contribution < 1.29 is 0 Å². The molecule has 5 heteroatoms. The van der Waals surface area contributed by atoms with Crippen molar-refractivity contribution in [3.05, 3.63) is 18.5 Å². The number of likely N-dealkylation sites (tertiary alicyclic amines) is 1. The van der Waals surface area contributed by atoms with Crippen LogP contribution < -0.4 is 5.32 Å². The molecule has 1 aliphatic heterocycles. The molecule has 0 spiro atoms. The molecule has 0 amide bonds. The summed E-state index contributed by atoms with van der Waals surface area (Å²) in [6, 6.07) is 1.96. The molecular weight excluding hydrogens is 250 g/mol. The van der Waals surface area contributed by atoms with E-state index in [0.717, 1.165) is 30.9 Å². The molecule has 1 N–H and O–H groups in total. The first-order valence-electron chi connectivity index (χ1n) is 7.80. The van der Waals surface area contributed by atoms with E-state index in [0.29, 0.717) is 0 Å². The number of nitrogens with one attached hydrogen (secondary N) is 1. The van der Waals surface area contributed by atoms with Crippen LogP contribution in [0.3, 0.4) is 0 Å². The molecule has 2 unspecified atom stereocenters. The van der Waals surface area contributed by atoms with Gasteiger partial charge in [0, 0.05) is 39.1 Å². The number of rotatable bonds is 3. The fourth-order valence-electron chi connectivity index (χ4n) is 3.63. The van der Waals surface area contributed by atoms with Gasteiger partial charge in [0.25, 0.3) is 0 Å². The minimum Gasteiger partial charge on any atom is -0.354 e. The van der Waals surface area contributed by atoms with Gasteiger partial charge < -0.3 is 10.2 Å². The maximum atomic E-state index is 4.45. The third-order valence-corrected chi connectivity index (χ3v) is 4.67. The van der Waals surface area contributed by atoms with Gasteiger partial charge in [0.05, 0.1) is 6.54 Å². The lowest BCUT2D eigenvalue weighted by atomic mass is 9.82. The fourth-order valence-corrected chi connectivity index (χ4v) is 3.63. The summed E-state index contributed by atoms with van der Waals surface area (Å²) < 4.78 is 1.95. The fraction of sp³-hybridized carbons (Fsp3) is 0.733. The molecule has 2 aliphatic rings. The molecule has 2 atom stereocenters. The quantitative estimate of drug-likeness (QED) is 0.673. The maximum Gasteiger partial charge on any atom is 0.193 e. The third-order valence-electron chi connectivity index (χ3n) is 4.67. The van der Waals surface area contributed by atoms with Gasteiger partial charge in [0.1, 0.15) is 0 Å². The molecule has 1 aliphatic carbocycles. The van der Waals surface area contributed by atoms with E-state index in [1.807, 2.05) is 30.2 Å². The molecule has 2 fully saturated rings. The largest absolute Gasteiger partial charge is 0.354 e. The minimum atomic E-state index is 0.875. The number of aliphatic imine (C=N–C) groups is 1. The summed E-state index contributed by atoms with van der Waals surface area (Å²) in [5, 5.41) is 7.69. The van der Waals surface area contributed by atoms with Crippen LogP contribution in [-0.2, 0) is 6.54 Å². The zero-order valence-electron chi connectivity index (χ0n) is 12.3. The summed E-state index contributed by atoms with van der Waals surface area (Å²) in [4.78, 5) is 6.90. The Labute approximate surface area is 121 Å². The Balaban J connectivity index is 1.49. The SMILES string of the molecule is CN=C(NCCn1cccn1)N1CC2CCCCC2C1. The number of fused-ring (bicyclic) bond motifs is 1. The van der Waals surface area contributed by atoms with Crippen LogP contribution >= 0.6 is 0 Å². The Morgan fingerprint density at radius 1 is 1.30 bits per heavy atom. The molecule has 1 saturated heterocycles. The Hall–Kier alpha value is -1.52. The van der Waals surface area contributed by atoms with Gasteiger partial charge in [0.2, 0.25) is 0 Å². The van der Waals surface area contributed by atoms with Gasteiger partial charge >= 0.3 is 0 Å².